The van der Waals surface area contributed by atoms with Gasteiger partial charge < -0.3 is 0 Å². The van der Waals surface area contributed by atoms with Gasteiger partial charge in [0.25, 0.3) is 0 Å². The van der Waals surface area contributed by atoms with Gasteiger partial charge in [-0.05, 0) is 5.92 Å². The van der Waals surface area contributed by atoms with Gasteiger partial charge in [0.1, 0.15) is 0 Å². The molecule has 7 heteroatoms. The maximum atomic E-state index is 12.5. The van der Waals surface area contributed by atoms with Crippen molar-refractivity contribution in [3.63, 3.8) is 0 Å². The zero-order valence-electron chi connectivity index (χ0n) is 8.02. The smallest absolute Gasteiger partial charge is 0.224 e. The van der Waals surface area contributed by atoms with E-state index in [2.05, 4.69) is 9.97 Å². The zero-order valence-corrected chi connectivity index (χ0v) is 9.59. The van der Waals surface area contributed by atoms with Crippen LogP contribution in [0.25, 0.3) is 0 Å². The van der Waals surface area contributed by atoms with Gasteiger partial charge in [-0.15, -0.1) is 11.6 Å². The molecule has 0 fully saturated rings. The standard InChI is InChI=1S/C8H10ClFN2O2S/c1-6(2-9)5-15(13,14)8-11-3-7(10)4-12-8/h3-4,6H,2,5H2,1H3. The highest BCUT2D eigenvalue weighted by atomic mass is 35.5. The van der Waals surface area contributed by atoms with E-state index in [1.54, 1.807) is 6.92 Å². The summed E-state index contributed by atoms with van der Waals surface area (Å²) in [4.78, 5) is 6.84. The first-order valence-corrected chi connectivity index (χ1v) is 6.40. The Bertz CT molecular complexity index is 421. The molecular weight excluding hydrogens is 243 g/mol. The molecule has 1 heterocycles. The van der Waals surface area contributed by atoms with E-state index in [1.807, 2.05) is 0 Å². The first kappa shape index (κ1) is 12.3. The minimum absolute atomic E-state index is 0.137. The third-order valence-corrected chi connectivity index (χ3v) is 3.94. The van der Waals surface area contributed by atoms with Crippen LogP contribution < -0.4 is 0 Å². The summed E-state index contributed by atoms with van der Waals surface area (Å²) in [5.41, 5.74) is 0. The molecule has 0 aliphatic rings. The van der Waals surface area contributed by atoms with Crippen LogP contribution >= 0.6 is 11.6 Å². The van der Waals surface area contributed by atoms with Crippen molar-refractivity contribution in [2.45, 2.75) is 12.1 Å². The van der Waals surface area contributed by atoms with Crippen molar-refractivity contribution in [1.82, 2.24) is 9.97 Å². The Morgan fingerprint density at radius 1 is 1.47 bits per heavy atom. The van der Waals surface area contributed by atoms with Gasteiger partial charge in [0.2, 0.25) is 15.0 Å². The predicted molar refractivity (Wildman–Crippen MR) is 53.9 cm³/mol. The summed E-state index contributed by atoms with van der Waals surface area (Å²) in [6.45, 7) is 1.70. The highest BCUT2D eigenvalue weighted by Gasteiger charge is 2.20. The molecule has 0 radical (unpaired) electrons. The topological polar surface area (TPSA) is 59.9 Å². The molecule has 0 saturated heterocycles. The first-order chi connectivity index (χ1) is 6.95. The molecule has 0 aromatic carbocycles. The van der Waals surface area contributed by atoms with Crippen molar-refractivity contribution in [3.05, 3.63) is 18.2 Å². The van der Waals surface area contributed by atoms with E-state index in [1.165, 1.54) is 0 Å². The third kappa shape index (κ3) is 3.39. The van der Waals surface area contributed by atoms with Gasteiger partial charge in [-0.1, -0.05) is 6.92 Å². The normalized spacial score (nSPS) is 13.8. The average Bonchev–Trinajstić information content (AvgIpc) is 2.17. The molecule has 1 aromatic heterocycles. The second-order valence-electron chi connectivity index (χ2n) is 3.22. The lowest BCUT2D eigenvalue weighted by molar-refractivity contribution is 0.566. The Morgan fingerprint density at radius 2 is 2.00 bits per heavy atom. The SMILES string of the molecule is CC(CCl)CS(=O)(=O)c1ncc(F)cn1. The molecule has 0 spiro atoms. The van der Waals surface area contributed by atoms with Gasteiger partial charge in [-0.3, -0.25) is 0 Å². The van der Waals surface area contributed by atoms with Crippen molar-refractivity contribution in [3.8, 4) is 0 Å². The molecule has 0 aliphatic carbocycles. The van der Waals surface area contributed by atoms with Gasteiger partial charge in [0.15, 0.2) is 5.82 Å². The molecule has 15 heavy (non-hydrogen) atoms. The monoisotopic (exact) mass is 252 g/mol. The van der Waals surface area contributed by atoms with Gasteiger partial charge >= 0.3 is 0 Å². The van der Waals surface area contributed by atoms with E-state index < -0.39 is 15.7 Å². The Hall–Kier alpha value is -0.750. The fourth-order valence-corrected chi connectivity index (χ4v) is 2.64. The van der Waals surface area contributed by atoms with Crippen LogP contribution in [-0.4, -0.2) is 30.0 Å². The van der Waals surface area contributed by atoms with E-state index in [-0.39, 0.29) is 22.7 Å². The van der Waals surface area contributed by atoms with E-state index >= 15 is 0 Å². The largest absolute Gasteiger partial charge is 0.247 e. The Balaban J connectivity index is 2.91. The van der Waals surface area contributed by atoms with Gasteiger partial charge in [0.05, 0.1) is 18.1 Å². The van der Waals surface area contributed by atoms with Crippen molar-refractivity contribution < 1.29 is 12.8 Å². The quantitative estimate of drug-likeness (QED) is 0.598. The number of hydrogen-bond acceptors (Lipinski definition) is 4. The lowest BCUT2D eigenvalue weighted by Gasteiger charge is -2.06. The van der Waals surface area contributed by atoms with Crippen LogP contribution in [0.4, 0.5) is 4.39 Å². The Kier molecular flexibility index (Phi) is 3.98. The summed E-state index contributed by atoms with van der Waals surface area (Å²) in [6, 6.07) is 0. The fraction of sp³-hybridized carbons (Fsp3) is 0.500. The van der Waals surface area contributed by atoms with Gasteiger partial charge in [-0.2, -0.15) is 0 Å². The summed E-state index contributed by atoms with van der Waals surface area (Å²) < 4.78 is 35.7. The second-order valence-corrected chi connectivity index (χ2v) is 5.46. The van der Waals surface area contributed by atoms with Crippen LogP contribution in [0.2, 0.25) is 0 Å². The van der Waals surface area contributed by atoms with E-state index in [4.69, 9.17) is 11.6 Å². The molecule has 1 unspecified atom stereocenters. The van der Waals surface area contributed by atoms with Crippen LogP contribution in [-0.2, 0) is 9.84 Å². The van der Waals surface area contributed by atoms with Crippen LogP contribution in [0.1, 0.15) is 6.92 Å². The van der Waals surface area contributed by atoms with E-state index in [0.717, 1.165) is 12.4 Å². The van der Waals surface area contributed by atoms with Gasteiger partial charge in [-0.25, -0.2) is 22.8 Å². The number of sulfone groups is 1. The summed E-state index contributed by atoms with van der Waals surface area (Å²) >= 11 is 5.51. The molecule has 0 N–H and O–H groups in total. The molecule has 1 atom stereocenters. The number of alkyl halides is 1. The van der Waals surface area contributed by atoms with Crippen LogP contribution in [0.3, 0.4) is 0 Å². The summed E-state index contributed by atoms with van der Waals surface area (Å²) in [6.07, 6.45) is 1.65. The minimum atomic E-state index is -3.56. The molecular formula is C8H10ClFN2O2S. The zero-order chi connectivity index (χ0) is 11.5. The fourth-order valence-electron chi connectivity index (χ4n) is 0.955. The predicted octanol–water partition coefficient (Wildman–Crippen LogP) is 1.26. The van der Waals surface area contributed by atoms with E-state index in [0.29, 0.717) is 0 Å². The molecule has 0 aliphatic heterocycles. The number of rotatable bonds is 4. The summed E-state index contributed by atoms with van der Waals surface area (Å²) in [7, 11) is -3.56. The van der Waals surface area contributed by atoms with Crippen molar-refractivity contribution in [2.24, 2.45) is 5.92 Å². The molecule has 1 rings (SSSR count). The second kappa shape index (κ2) is 4.85. The number of nitrogens with zero attached hydrogens (tertiary/aromatic N) is 2. The summed E-state index contributed by atoms with van der Waals surface area (Å²) in [5.74, 6) is -0.757. The van der Waals surface area contributed by atoms with Crippen molar-refractivity contribution >= 4 is 21.4 Å². The van der Waals surface area contributed by atoms with Crippen molar-refractivity contribution in [1.29, 1.82) is 0 Å². The highest BCUT2D eigenvalue weighted by molar-refractivity contribution is 7.91. The minimum Gasteiger partial charge on any atom is -0.224 e. The molecule has 0 bridgehead atoms. The van der Waals surface area contributed by atoms with Gasteiger partial charge in [0, 0.05) is 5.88 Å². The first-order valence-electron chi connectivity index (χ1n) is 4.22. The maximum absolute atomic E-state index is 12.5. The number of hydrogen-bond donors (Lipinski definition) is 0. The van der Waals surface area contributed by atoms with Crippen LogP contribution in [0.15, 0.2) is 17.6 Å². The average molecular weight is 253 g/mol. The molecule has 4 nitrogen and oxygen atoms in total. The third-order valence-electron chi connectivity index (χ3n) is 1.64. The molecule has 0 amide bonds. The Morgan fingerprint density at radius 3 is 2.47 bits per heavy atom. The maximum Gasteiger partial charge on any atom is 0.247 e. The highest BCUT2D eigenvalue weighted by Crippen LogP contribution is 2.10. The lowest BCUT2D eigenvalue weighted by Crippen LogP contribution is -2.17. The van der Waals surface area contributed by atoms with Crippen LogP contribution in [0, 0.1) is 11.7 Å². The Labute approximate surface area is 92.4 Å². The summed E-state index contributed by atoms with van der Waals surface area (Å²) in [5, 5.41) is -0.360. The number of halogens is 2. The van der Waals surface area contributed by atoms with Crippen LogP contribution in [0.5, 0.6) is 0 Å². The molecule has 84 valence electrons. The molecule has 0 saturated carbocycles. The number of aromatic nitrogens is 2. The van der Waals surface area contributed by atoms with E-state index in [9.17, 15) is 12.8 Å². The van der Waals surface area contributed by atoms with Crippen molar-refractivity contribution in [2.75, 3.05) is 11.6 Å². The lowest BCUT2D eigenvalue weighted by atomic mass is 10.3. The molecule has 1 aromatic rings.